The van der Waals surface area contributed by atoms with Crippen LogP contribution in [0.4, 0.5) is 0 Å². The molecule has 0 radical (unpaired) electrons. The van der Waals surface area contributed by atoms with Gasteiger partial charge in [-0.3, -0.25) is 14.4 Å². The molecular formula is C20H29NO4S. The summed E-state index contributed by atoms with van der Waals surface area (Å²) in [5, 5.41) is 11.2. The lowest BCUT2D eigenvalue weighted by Crippen LogP contribution is -2.46. The van der Waals surface area contributed by atoms with Gasteiger partial charge < -0.3 is 10.0 Å². The van der Waals surface area contributed by atoms with Crippen molar-refractivity contribution < 1.29 is 19.5 Å². The first-order chi connectivity index (χ1) is 12.2. The number of hydrogen-bond acceptors (Lipinski definition) is 4. The predicted octanol–water partition coefficient (Wildman–Crippen LogP) is 3.77. The third-order valence-electron chi connectivity index (χ3n) is 5.00. The molecule has 1 aromatic heterocycles. The maximum absolute atomic E-state index is 13.3. The molecule has 1 aliphatic rings. The van der Waals surface area contributed by atoms with Gasteiger partial charge in [0, 0.05) is 28.7 Å². The van der Waals surface area contributed by atoms with Crippen molar-refractivity contribution >= 4 is 29.0 Å². The van der Waals surface area contributed by atoms with E-state index in [0.717, 1.165) is 30.6 Å². The quantitative estimate of drug-likeness (QED) is 0.746. The van der Waals surface area contributed by atoms with Crippen molar-refractivity contribution in [2.45, 2.75) is 65.3 Å². The summed E-state index contributed by atoms with van der Waals surface area (Å²) < 4.78 is 0. The zero-order valence-corrected chi connectivity index (χ0v) is 16.7. The van der Waals surface area contributed by atoms with E-state index in [1.165, 1.54) is 4.90 Å². The number of carbonyl (C=O) groups excluding carboxylic acids is 2. The first kappa shape index (κ1) is 20.6. The molecule has 1 unspecified atom stereocenters. The molecule has 1 aromatic rings. The standard InChI is InChI=1S/C20H29NO4S/c1-20(2,3)17(22)12-14(11-16-9-6-10-26-16)19(25)21(13-18(23)24)15-7-4-5-8-15/h6,9-10,14-15H,4-5,7-8,11-13H2,1-3H3,(H,23,24). The molecule has 0 bridgehead atoms. The first-order valence-electron chi connectivity index (χ1n) is 9.26. The Hall–Kier alpha value is -1.69. The molecule has 1 atom stereocenters. The Morgan fingerprint density at radius 1 is 1.27 bits per heavy atom. The molecule has 144 valence electrons. The van der Waals surface area contributed by atoms with E-state index in [1.807, 2.05) is 38.3 Å². The Balaban J connectivity index is 2.23. The summed E-state index contributed by atoms with van der Waals surface area (Å²) >= 11 is 1.56. The SMILES string of the molecule is CC(C)(C)C(=O)CC(Cc1cccs1)C(=O)N(CC(=O)O)C1CCCC1. The minimum Gasteiger partial charge on any atom is -0.480 e. The summed E-state index contributed by atoms with van der Waals surface area (Å²) in [6.07, 6.45) is 4.37. The van der Waals surface area contributed by atoms with E-state index in [0.29, 0.717) is 6.42 Å². The van der Waals surface area contributed by atoms with Gasteiger partial charge in [-0.15, -0.1) is 11.3 Å². The van der Waals surface area contributed by atoms with Crippen LogP contribution in [0.15, 0.2) is 17.5 Å². The van der Waals surface area contributed by atoms with Crippen LogP contribution in [0, 0.1) is 11.3 Å². The van der Waals surface area contributed by atoms with E-state index in [1.54, 1.807) is 11.3 Å². The Morgan fingerprint density at radius 3 is 2.42 bits per heavy atom. The highest BCUT2D eigenvalue weighted by Crippen LogP contribution is 2.29. The van der Waals surface area contributed by atoms with Crippen LogP contribution in [-0.4, -0.2) is 40.3 Å². The average molecular weight is 380 g/mol. The van der Waals surface area contributed by atoms with Crippen LogP contribution in [0.3, 0.4) is 0 Å². The van der Waals surface area contributed by atoms with Crippen molar-refractivity contribution in [2.24, 2.45) is 11.3 Å². The van der Waals surface area contributed by atoms with Crippen LogP contribution < -0.4 is 0 Å². The van der Waals surface area contributed by atoms with Gasteiger partial charge in [0.2, 0.25) is 5.91 Å². The maximum Gasteiger partial charge on any atom is 0.323 e. The fourth-order valence-corrected chi connectivity index (χ4v) is 4.22. The second kappa shape index (κ2) is 8.80. The normalized spacial score (nSPS) is 16.4. The van der Waals surface area contributed by atoms with Crippen molar-refractivity contribution in [2.75, 3.05) is 6.54 Å². The second-order valence-corrected chi connectivity index (χ2v) is 9.19. The van der Waals surface area contributed by atoms with Gasteiger partial charge in [0.1, 0.15) is 12.3 Å². The molecule has 1 aliphatic carbocycles. The van der Waals surface area contributed by atoms with E-state index in [4.69, 9.17) is 0 Å². The third kappa shape index (κ3) is 5.66. The van der Waals surface area contributed by atoms with E-state index in [9.17, 15) is 19.5 Å². The van der Waals surface area contributed by atoms with Crippen molar-refractivity contribution in [1.82, 2.24) is 4.90 Å². The number of Topliss-reactive ketones (excluding diaryl/α,β-unsaturated/α-hetero) is 1. The number of carboxylic acid groups (broad SMARTS) is 1. The summed E-state index contributed by atoms with van der Waals surface area (Å²) in [5.74, 6) is -1.65. The lowest BCUT2D eigenvalue weighted by molar-refractivity contribution is -0.149. The number of hydrogen-bond donors (Lipinski definition) is 1. The molecular weight excluding hydrogens is 350 g/mol. The van der Waals surface area contributed by atoms with E-state index < -0.39 is 17.3 Å². The Bertz CT molecular complexity index is 627. The fraction of sp³-hybridized carbons (Fsp3) is 0.650. The highest BCUT2D eigenvalue weighted by molar-refractivity contribution is 7.09. The highest BCUT2D eigenvalue weighted by Gasteiger charge is 2.35. The van der Waals surface area contributed by atoms with E-state index in [2.05, 4.69) is 0 Å². The van der Waals surface area contributed by atoms with Crippen molar-refractivity contribution in [3.05, 3.63) is 22.4 Å². The molecule has 0 aromatic carbocycles. The van der Waals surface area contributed by atoms with Crippen molar-refractivity contribution in [1.29, 1.82) is 0 Å². The summed E-state index contributed by atoms with van der Waals surface area (Å²) in [5.41, 5.74) is -0.515. The molecule has 6 heteroatoms. The molecule has 0 aliphatic heterocycles. The number of thiophene rings is 1. The molecule has 2 rings (SSSR count). The Kier molecular flexibility index (Phi) is 6.98. The molecule has 1 saturated carbocycles. The zero-order chi connectivity index (χ0) is 19.3. The van der Waals surface area contributed by atoms with Gasteiger partial charge >= 0.3 is 5.97 Å². The van der Waals surface area contributed by atoms with E-state index >= 15 is 0 Å². The van der Waals surface area contributed by atoms with Crippen LogP contribution in [0.2, 0.25) is 0 Å². The Morgan fingerprint density at radius 2 is 1.92 bits per heavy atom. The number of amides is 1. The van der Waals surface area contributed by atoms with Crippen LogP contribution >= 0.6 is 11.3 Å². The summed E-state index contributed by atoms with van der Waals surface area (Å²) in [6.45, 7) is 5.28. The zero-order valence-electron chi connectivity index (χ0n) is 15.9. The minimum atomic E-state index is -0.998. The van der Waals surface area contributed by atoms with Gasteiger partial charge in [-0.2, -0.15) is 0 Å². The lowest BCUT2D eigenvalue weighted by Gasteiger charge is -2.31. The highest BCUT2D eigenvalue weighted by atomic mass is 32.1. The van der Waals surface area contributed by atoms with Gasteiger partial charge in [0.25, 0.3) is 0 Å². The van der Waals surface area contributed by atoms with Crippen molar-refractivity contribution in [3.63, 3.8) is 0 Å². The average Bonchev–Trinajstić information content (AvgIpc) is 3.23. The van der Waals surface area contributed by atoms with Gasteiger partial charge in [0.05, 0.1) is 0 Å². The molecule has 1 N–H and O–H groups in total. The number of rotatable bonds is 8. The molecule has 1 fully saturated rings. The van der Waals surface area contributed by atoms with Gasteiger partial charge in [-0.05, 0) is 30.7 Å². The molecule has 5 nitrogen and oxygen atoms in total. The minimum absolute atomic E-state index is 0.0193. The second-order valence-electron chi connectivity index (χ2n) is 8.16. The van der Waals surface area contributed by atoms with Crippen molar-refractivity contribution in [3.8, 4) is 0 Å². The largest absolute Gasteiger partial charge is 0.480 e. The van der Waals surface area contributed by atoms with Crippen LogP contribution in [0.5, 0.6) is 0 Å². The monoisotopic (exact) mass is 379 g/mol. The number of ketones is 1. The third-order valence-corrected chi connectivity index (χ3v) is 5.90. The number of nitrogens with zero attached hydrogens (tertiary/aromatic N) is 1. The molecule has 1 amide bonds. The van der Waals surface area contributed by atoms with Crippen LogP contribution in [-0.2, 0) is 20.8 Å². The number of carbonyl (C=O) groups is 3. The topological polar surface area (TPSA) is 74.7 Å². The molecule has 0 spiro atoms. The lowest BCUT2D eigenvalue weighted by atomic mass is 9.83. The van der Waals surface area contributed by atoms with Gasteiger partial charge in [-0.1, -0.05) is 39.7 Å². The molecule has 26 heavy (non-hydrogen) atoms. The number of carboxylic acids is 1. The van der Waals surface area contributed by atoms with Gasteiger partial charge in [0.15, 0.2) is 0 Å². The predicted molar refractivity (Wildman–Crippen MR) is 102 cm³/mol. The maximum atomic E-state index is 13.3. The summed E-state index contributed by atoms with van der Waals surface area (Å²) in [4.78, 5) is 39.8. The summed E-state index contributed by atoms with van der Waals surface area (Å²) in [7, 11) is 0. The van der Waals surface area contributed by atoms with E-state index in [-0.39, 0.29) is 30.7 Å². The Labute approximate surface area is 159 Å². The van der Waals surface area contributed by atoms with Crippen LogP contribution in [0.25, 0.3) is 0 Å². The molecule has 0 saturated heterocycles. The molecule has 1 heterocycles. The summed E-state index contributed by atoms with van der Waals surface area (Å²) in [6, 6.07) is 3.87. The van der Waals surface area contributed by atoms with Crippen LogP contribution in [0.1, 0.15) is 57.8 Å². The first-order valence-corrected chi connectivity index (χ1v) is 10.1. The number of aliphatic carboxylic acids is 1. The van der Waals surface area contributed by atoms with Gasteiger partial charge in [-0.25, -0.2) is 0 Å². The smallest absolute Gasteiger partial charge is 0.323 e. The fourth-order valence-electron chi connectivity index (χ4n) is 3.43.